The third-order valence-electron chi connectivity index (χ3n) is 3.98. The summed E-state index contributed by atoms with van der Waals surface area (Å²) in [6, 6.07) is 11.8. The highest BCUT2D eigenvalue weighted by Crippen LogP contribution is 2.25. The summed E-state index contributed by atoms with van der Waals surface area (Å²) in [7, 11) is 3.21. The zero-order chi connectivity index (χ0) is 21.2. The van der Waals surface area contributed by atoms with E-state index in [-0.39, 0.29) is 17.8 Å². The van der Waals surface area contributed by atoms with Crippen LogP contribution in [0.1, 0.15) is 19.4 Å². The Bertz CT molecular complexity index is 858. The van der Waals surface area contributed by atoms with Crippen molar-refractivity contribution in [3.8, 4) is 11.5 Å². The van der Waals surface area contributed by atoms with E-state index in [4.69, 9.17) is 9.47 Å². The van der Waals surface area contributed by atoms with Crippen LogP contribution in [0.3, 0.4) is 0 Å². The number of nitrogens with one attached hydrogen (secondary N) is 3. The first-order valence-corrected chi connectivity index (χ1v) is 9.23. The molecule has 0 aliphatic carbocycles. The van der Waals surface area contributed by atoms with E-state index in [2.05, 4.69) is 20.9 Å². The van der Waals surface area contributed by atoms with Gasteiger partial charge in [-0.3, -0.25) is 9.79 Å². The molecule has 7 nitrogen and oxygen atoms in total. The fourth-order valence-electron chi connectivity index (χ4n) is 2.60. The van der Waals surface area contributed by atoms with Crippen molar-refractivity contribution in [3.63, 3.8) is 0 Å². The molecule has 0 bridgehead atoms. The van der Waals surface area contributed by atoms with Gasteiger partial charge < -0.3 is 25.4 Å². The third-order valence-corrected chi connectivity index (χ3v) is 3.98. The maximum atomic E-state index is 13.7. The minimum absolute atomic E-state index is 0.172. The highest BCUT2D eigenvalue weighted by Gasteiger charge is 2.10. The second kappa shape index (κ2) is 10.9. The molecular weight excluding hydrogens is 375 g/mol. The molecule has 29 heavy (non-hydrogen) atoms. The standard InChI is InChI=1S/C21H27FN4O3/c1-14(29-19-8-6-5-7-17(19)22)12-24-21(23-3)25-13-16-9-10-20(28-4)18(11-16)26-15(2)27/h5-11,14H,12-13H2,1-4H3,(H,26,27)(H2,23,24,25). The maximum Gasteiger partial charge on any atom is 0.221 e. The molecule has 0 saturated carbocycles. The number of hydrogen-bond donors (Lipinski definition) is 3. The number of para-hydroxylation sites is 1. The number of hydrogen-bond acceptors (Lipinski definition) is 4. The molecule has 0 aliphatic heterocycles. The van der Waals surface area contributed by atoms with Crippen LogP contribution in [0.15, 0.2) is 47.5 Å². The fraction of sp³-hybridized carbons (Fsp3) is 0.333. The molecule has 156 valence electrons. The molecule has 3 N–H and O–H groups in total. The van der Waals surface area contributed by atoms with Crippen molar-refractivity contribution < 1.29 is 18.7 Å². The number of aliphatic imine (C=N–C) groups is 1. The summed E-state index contributed by atoms with van der Waals surface area (Å²) in [4.78, 5) is 15.5. The molecule has 2 rings (SSSR count). The summed E-state index contributed by atoms with van der Waals surface area (Å²) >= 11 is 0. The zero-order valence-electron chi connectivity index (χ0n) is 17.1. The number of nitrogens with zero attached hydrogens (tertiary/aromatic N) is 1. The minimum atomic E-state index is -0.392. The number of rotatable bonds is 8. The third kappa shape index (κ3) is 6.99. The lowest BCUT2D eigenvalue weighted by atomic mass is 10.2. The van der Waals surface area contributed by atoms with E-state index < -0.39 is 5.82 Å². The van der Waals surface area contributed by atoms with E-state index in [0.717, 1.165) is 5.56 Å². The molecule has 0 aromatic heterocycles. The molecule has 0 radical (unpaired) electrons. The lowest BCUT2D eigenvalue weighted by molar-refractivity contribution is -0.114. The highest BCUT2D eigenvalue weighted by atomic mass is 19.1. The van der Waals surface area contributed by atoms with Crippen molar-refractivity contribution in [2.75, 3.05) is 26.0 Å². The summed E-state index contributed by atoms with van der Waals surface area (Å²) in [5.41, 5.74) is 1.54. The van der Waals surface area contributed by atoms with Gasteiger partial charge in [0.2, 0.25) is 5.91 Å². The Balaban J connectivity index is 1.88. The zero-order valence-corrected chi connectivity index (χ0v) is 17.1. The Morgan fingerprint density at radius 3 is 2.59 bits per heavy atom. The molecule has 0 aliphatic rings. The minimum Gasteiger partial charge on any atom is -0.495 e. The number of guanidine groups is 1. The smallest absolute Gasteiger partial charge is 0.221 e. The van der Waals surface area contributed by atoms with E-state index in [1.165, 1.54) is 13.0 Å². The van der Waals surface area contributed by atoms with Gasteiger partial charge in [0, 0.05) is 20.5 Å². The van der Waals surface area contributed by atoms with Gasteiger partial charge in [-0.15, -0.1) is 0 Å². The van der Waals surface area contributed by atoms with E-state index >= 15 is 0 Å². The monoisotopic (exact) mass is 402 g/mol. The summed E-state index contributed by atoms with van der Waals surface area (Å²) in [5, 5.41) is 9.09. The van der Waals surface area contributed by atoms with Crippen LogP contribution < -0.4 is 25.4 Å². The van der Waals surface area contributed by atoms with Crippen LogP contribution in [-0.2, 0) is 11.3 Å². The normalized spacial score (nSPS) is 12.1. The average Bonchev–Trinajstić information content (AvgIpc) is 2.69. The number of anilines is 1. The summed E-state index contributed by atoms with van der Waals surface area (Å²) in [6.45, 7) is 4.21. The first-order valence-electron chi connectivity index (χ1n) is 9.23. The van der Waals surface area contributed by atoms with E-state index in [1.54, 1.807) is 38.4 Å². The maximum absolute atomic E-state index is 13.7. The molecule has 2 aromatic carbocycles. The molecular formula is C21H27FN4O3. The lowest BCUT2D eigenvalue weighted by Crippen LogP contribution is -2.41. The molecule has 1 atom stereocenters. The van der Waals surface area contributed by atoms with Crippen LogP contribution >= 0.6 is 0 Å². The van der Waals surface area contributed by atoms with Gasteiger partial charge in [-0.1, -0.05) is 18.2 Å². The lowest BCUT2D eigenvalue weighted by Gasteiger charge is -2.18. The number of amides is 1. The molecule has 8 heteroatoms. The predicted molar refractivity (Wildman–Crippen MR) is 112 cm³/mol. The van der Waals surface area contributed by atoms with Gasteiger partial charge in [-0.2, -0.15) is 0 Å². The largest absolute Gasteiger partial charge is 0.495 e. The van der Waals surface area contributed by atoms with Crippen LogP contribution in [0.25, 0.3) is 0 Å². The molecule has 0 heterocycles. The Morgan fingerprint density at radius 2 is 1.93 bits per heavy atom. The number of halogens is 1. The number of ether oxygens (including phenoxy) is 2. The van der Waals surface area contributed by atoms with Crippen molar-refractivity contribution in [2.24, 2.45) is 4.99 Å². The molecule has 1 unspecified atom stereocenters. The quantitative estimate of drug-likeness (QED) is 0.467. The predicted octanol–water partition coefficient (Wildman–Crippen LogP) is 2.93. The van der Waals surface area contributed by atoms with E-state index in [0.29, 0.717) is 30.5 Å². The van der Waals surface area contributed by atoms with E-state index in [1.807, 2.05) is 19.1 Å². The molecule has 1 amide bonds. The number of methoxy groups -OCH3 is 1. The second-order valence-electron chi connectivity index (χ2n) is 6.38. The average molecular weight is 402 g/mol. The van der Waals surface area contributed by atoms with Gasteiger partial charge in [0.05, 0.1) is 19.3 Å². The first kappa shape index (κ1) is 22.0. The SMILES string of the molecule is CN=C(NCc1ccc(OC)c(NC(C)=O)c1)NCC(C)Oc1ccccc1F. The number of carbonyl (C=O) groups is 1. The van der Waals surface area contributed by atoms with Crippen LogP contribution in [0, 0.1) is 5.82 Å². The topological polar surface area (TPSA) is 84.0 Å². The van der Waals surface area contributed by atoms with E-state index in [9.17, 15) is 9.18 Å². The van der Waals surface area contributed by atoms with Crippen LogP contribution in [0.2, 0.25) is 0 Å². The van der Waals surface area contributed by atoms with Gasteiger partial charge in [0.25, 0.3) is 0 Å². The summed E-state index contributed by atoms with van der Waals surface area (Å²) in [5.74, 6) is 0.816. The van der Waals surface area contributed by atoms with Gasteiger partial charge in [0.15, 0.2) is 17.5 Å². The van der Waals surface area contributed by atoms with Gasteiger partial charge in [-0.05, 0) is 36.8 Å². The van der Waals surface area contributed by atoms with Crippen molar-refractivity contribution in [1.82, 2.24) is 10.6 Å². The van der Waals surface area contributed by atoms with Gasteiger partial charge in [-0.25, -0.2) is 4.39 Å². The van der Waals surface area contributed by atoms with Crippen LogP contribution in [-0.4, -0.2) is 38.7 Å². The van der Waals surface area contributed by atoms with Crippen LogP contribution in [0.5, 0.6) is 11.5 Å². The highest BCUT2D eigenvalue weighted by molar-refractivity contribution is 5.90. The Hall–Kier alpha value is -3.29. The Morgan fingerprint density at radius 1 is 1.17 bits per heavy atom. The number of benzene rings is 2. The van der Waals surface area contributed by atoms with Gasteiger partial charge in [0.1, 0.15) is 11.9 Å². The molecule has 0 saturated heterocycles. The molecule has 0 spiro atoms. The Labute approximate surface area is 170 Å². The van der Waals surface area contributed by atoms with Crippen molar-refractivity contribution >= 4 is 17.6 Å². The molecule has 0 fully saturated rings. The van der Waals surface area contributed by atoms with Crippen molar-refractivity contribution in [3.05, 3.63) is 53.8 Å². The summed E-state index contributed by atoms with van der Waals surface area (Å²) < 4.78 is 24.5. The second-order valence-corrected chi connectivity index (χ2v) is 6.38. The van der Waals surface area contributed by atoms with Crippen LogP contribution in [0.4, 0.5) is 10.1 Å². The van der Waals surface area contributed by atoms with Crippen molar-refractivity contribution in [1.29, 1.82) is 0 Å². The fourth-order valence-corrected chi connectivity index (χ4v) is 2.60. The Kier molecular flexibility index (Phi) is 8.27. The van der Waals surface area contributed by atoms with Crippen molar-refractivity contribution in [2.45, 2.75) is 26.5 Å². The summed E-state index contributed by atoms with van der Waals surface area (Å²) in [6.07, 6.45) is -0.266. The first-order chi connectivity index (χ1) is 13.9. The molecule has 2 aromatic rings. The van der Waals surface area contributed by atoms with Gasteiger partial charge >= 0.3 is 0 Å². The number of carbonyl (C=O) groups excluding carboxylic acids is 1.